The molecule has 1 aromatic carbocycles. The van der Waals surface area contributed by atoms with E-state index in [1.807, 2.05) is 24.3 Å². The van der Waals surface area contributed by atoms with E-state index in [1.54, 1.807) is 0 Å². The van der Waals surface area contributed by atoms with Gasteiger partial charge in [0, 0.05) is 44.1 Å². The fraction of sp³-hybridized carbons (Fsp3) is 0.524. The van der Waals surface area contributed by atoms with Crippen LogP contribution in [0.2, 0.25) is 0 Å². The highest BCUT2D eigenvalue weighted by atomic mass is 16.2. The molecule has 1 aliphatic heterocycles. The molecule has 2 aromatic rings. The van der Waals surface area contributed by atoms with Gasteiger partial charge in [0.05, 0.1) is 0 Å². The summed E-state index contributed by atoms with van der Waals surface area (Å²) < 4.78 is 2.21. The van der Waals surface area contributed by atoms with Gasteiger partial charge in [0.1, 0.15) is 5.82 Å². The number of anilines is 1. The zero-order chi connectivity index (χ0) is 19.8. The number of hydrogen-bond acceptors (Lipinski definition) is 4. The van der Waals surface area contributed by atoms with Crippen LogP contribution >= 0.6 is 0 Å². The summed E-state index contributed by atoms with van der Waals surface area (Å²) in [5.41, 5.74) is 1.76. The van der Waals surface area contributed by atoms with Gasteiger partial charge in [0.25, 0.3) is 0 Å². The van der Waals surface area contributed by atoms with Crippen LogP contribution in [0.4, 0.5) is 5.69 Å². The lowest BCUT2D eigenvalue weighted by atomic mass is 10.1. The van der Waals surface area contributed by atoms with Crippen LogP contribution in [0.3, 0.4) is 0 Å². The smallest absolute Gasteiger partial charge is 0.224 e. The summed E-state index contributed by atoms with van der Waals surface area (Å²) in [6, 6.07) is 7.82. The summed E-state index contributed by atoms with van der Waals surface area (Å²) in [5.74, 6) is 1.94. The molecular formula is C21H29N5O2. The second-order valence-electron chi connectivity index (χ2n) is 7.32. The highest BCUT2D eigenvalue weighted by molar-refractivity contribution is 5.91. The molecule has 28 heavy (non-hydrogen) atoms. The minimum atomic E-state index is -0.0119. The number of nitrogens with one attached hydrogen (secondary N) is 2. The molecule has 150 valence electrons. The molecule has 0 radical (unpaired) electrons. The molecule has 7 heteroatoms. The third-order valence-electron chi connectivity index (χ3n) is 4.97. The van der Waals surface area contributed by atoms with Gasteiger partial charge in [-0.05, 0) is 37.8 Å². The van der Waals surface area contributed by atoms with Gasteiger partial charge in [-0.15, -0.1) is 10.2 Å². The highest BCUT2D eigenvalue weighted by Crippen LogP contribution is 2.25. The number of amides is 2. The molecule has 2 heterocycles. The Labute approximate surface area is 165 Å². The topological polar surface area (TPSA) is 88.9 Å². The quantitative estimate of drug-likeness (QED) is 0.685. The zero-order valence-corrected chi connectivity index (χ0v) is 16.5. The Balaban J connectivity index is 1.53. The minimum Gasteiger partial charge on any atom is -0.356 e. The third kappa shape index (κ3) is 5.65. The Morgan fingerprint density at radius 2 is 2.00 bits per heavy atom. The van der Waals surface area contributed by atoms with E-state index in [0.717, 1.165) is 61.5 Å². The van der Waals surface area contributed by atoms with Crippen LogP contribution in [-0.4, -0.2) is 33.1 Å². The van der Waals surface area contributed by atoms with Crippen molar-refractivity contribution in [1.82, 2.24) is 20.1 Å². The molecule has 0 atom stereocenters. The Morgan fingerprint density at radius 1 is 1.11 bits per heavy atom. The molecule has 1 aliphatic rings. The van der Waals surface area contributed by atoms with Crippen LogP contribution < -0.4 is 10.6 Å². The van der Waals surface area contributed by atoms with Gasteiger partial charge in [-0.25, -0.2) is 0 Å². The molecule has 2 amide bonds. The lowest BCUT2D eigenvalue weighted by molar-refractivity contribution is -0.119. The number of hydrogen-bond donors (Lipinski definition) is 2. The zero-order valence-electron chi connectivity index (χ0n) is 16.5. The average molecular weight is 383 g/mol. The van der Waals surface area contributed by atoms with Crippen LogP contribution in [0.1, 0.15) is 57.7 Å². The van der Waals surface area contributed by atoms with Gasteiger partial charge in [0.15, 0.2) is 5.82 Å². The van der Waals surface area contributed by atoms with Gasteiger partial charge in [-0.1, -0.05) is 25.0 Å². The standard InChI is InChI=1S/C21H29N5O2/c1-16(27)22-13-6-2-5-12-20(28)23-18-10-8-9-17(15-18)21-25-24-19-11-4-3-7-14-26(19)21/h8-10,15H,2-7,11-14H2,1H3,(H,22,27)(H,23,28). The molecule has 0 bridgehead atoms. The molecule has 2 N–H and O–H groups in total. The van der Waals surface area contributed by atoms with Gasteiger partial charge >= 0.3 is 0 Å². The summed E-state index contributed by atoms with van der Waals surface area (Å²) in [5, 5.41) is 14.5. The van der Waals surface area contributed by atoms with Crippen LogP contribution in [0.25, 0.3) is 11.4 Å². The van der Waals surface area contributed by atoms with E-state index < -0.39 is 0 Å². The summed E-state index contributed by atoms with van der Waals surface area (Å²) in [6.45, 7) is 3.13. The van der Waals surface area contributed by atoms with E-state index in [-0.39, 0.29) is 11.8 Å². The number of fused-ring (bicyclic) bond motifs is 1. The first kappa shape index (κ1) is 20.0. The maximum atomic E-state index is 12.2. The summed E-state index contributed by atoms with van der Waals surface area (Å²) in [4.78, 5) is 23.0. The lowest BCUT2D eigenvalue weighted by Gasteiger charge is -2.09. The van der Waals surface area contributed by atoms with Crippen molar-refractivity contribution in [2.24, 2.45) is 0 Å². The van der Waals surface area contributed by atoms with Gasteiger partial charge in [-0.3, -0.25) is 9.59 Å². The first-order chi connectivity index (χ1) is 13.6. The van der Waals surface area contributed by atoms with E-state index in [4.69, 9.17) is 0 Å². The van der Waals surface area contributed by atoms with Crippen molar-refractivity contribution in [3.8, 4) is 11.4 Å². The fourth-order valence-corrected chi connectivity index (χ4v) is 3.51. The van der Waals surface area contributed by atoms with Gasteiger partial charge in [0.2, 0.25) is 11.8 Å². The van der Waals surface area contributed by atoms with Gasteiger partial charge < -0.3 is 15.2 Å². The highest BCUT2D eigenvalue weighted by Gasteiger charge is 2.16. The molecule has 1 aromatic heterocycles. The number of benzene rings is 1. The summed E-state index contributed by atoms with van der Waals surface area (Å²) in [7, 11) is 0. The van der Waals surface area contributed by atoms with Crippen LogP contribution in [-0.2, 0) is 22.6 Å². The molecule has 7 nitrogen and oxygen atoms in total. The molecule has 0 spiro atoms. The Hall–Kier alpha value is -2.70. The maximum absolute atomic E-state index is 12.2. The van der Waals surface area contributed by atoms with E-state index in [9.17, 15) is 9.59 Å². The number of carbonyl (C=O) groups is 2. The molecule has 3 rings (SSSR count). The van der Waals surface area contributed by atoms with Crippen LogP contribution in [0.15, 0.2) is 24.3 Å². The fourth-order valence-electron chi connectivity index (χ4n) is 3.51. The van der Waals surface area contributed by atoms with E-state index in [2.05, 4.69) is 25.4 Å². The number of carbonyl (C=O) groups excluding carboxylic acids is 2. The maximum Gasteiger partial charge on any atom is 0.224 e. The average Bonchev–Trinajstić information content (AvgIpc) is 2.93. The van der Waals surface area contributed by atoms with Crippen molar-refractivity contribution >= 4 is 17.5 Å². The molecule has 0 saturated heterocycles. The SMILES string of the molecule is CC(=O)NCCCCCC(=O)Nc1cccc(-c2nnc3n2CCCCC3)c1. The third-order valence-corrected chi connectivity index (χ3v) is 4.97. The van der Waals surface area contributed by atoms with E-state index in [1.165, 1.54) is 19.8 Å². The monoisotopic (exact) mass is 383 g/mol. The number of aryl methyl sites for hydroxylation is 1. The van der Waals surface area contributed by atoms with E-state index >= 15 is 0 Å². The normalized spacial score (nSPS) is 13.5. The largest absolute Gasteiger partial charge is 0.356 e. The minimum absolute atomic E-state index is 0.0109. The molecule has 0 unspecified atom stereocenters. The Bertz CT molecular complexity index is 815. The lowest BCUT2D eigenvalue weighted by Crippen LogP contribution is -2.20. The second kappa shape index (κ2) is 10.0. The van der Waals surface area contributed by atoms with Gasteiger partial charge in [-0.2, -0.15) is 0 Å². The van der Waals surface area contributed by atoms with Crippen molar-refractivity contribution in [2.75, 3.05) is 11.9 Å². The number of rotatable bonds is 8. The second-order valence-corrected chi connectivity index (χ2v) is 7.32. The molecule has 0 fully saturated rings. The first-order valence-corrected chi connectivity index (χ1v) is 10.2. The number of unbranched alkanes of at least 4 members (excludes halogenated alkanes) is 2. The molecule has 0 aliphatic carbocycles. The van der Waals surface area contributed by atoms with Crippen molar-refractivity contribution in [2.45, 2.75) is 64.8 Å². The van der Waals surface area contributed by atoms with Crippen molar-refractivity contribution in [3.05, 3.63) is 30.1 Å². The number of aromatic nitrogens is 3. The Kier molecular flexibility index (Phi) is 7.17. The van der Waals surface area contributed by atoms with Crippen LogP contribution in [0, 0.1) is 0 Å². The summed E-state index contributed by atoms with van der Waals surface area (Å²) >= 11 is 0. The Morgan fingerprint density at radius 3 is 2.86 bits per heavy atom. The van der Waals surface area contributed by atoms with Crippen LogP contribution in [0.5, 0.6) is 0 Å². The van der Waals surface area contributed by atoms with Crippen molar-refractivity contribution in [3.63, 3.8) is 0 Å². The van der Waals surface area contributed by atoms with Crippen molar-refractivity contribution in [1.29, 1.82) is 0 Å². The molecule has 0 saturated carbocycles. The first-order valence-electron chi connectivity index (χ1n) is 10.2. The molecular weight excluding hydrogens is 354 g/mol. The summed E-state index contributed by atoms with van der Waals surface area (Å²) in [6.07, 6.45) is 7.61. The predicted octanol–water partition coefficient (Wildman–Crippen LogP) is 3.31. The predicted molar refractivity (Wildman–Crippen MR) is 109 cm³/mol. The van der Waals surface area contributed by atoms with Crippen molar-refractivity contribution < 1.29 is 9.59 Å². The van der Waals surface area contributed by atoms with E-state index in [0.29, 0.717) is 13.0 Å². The number of nitrogens with zero attached hydrogens (tertiary/aromatic N) is 3.